The summed E-state index contributed by atoms with van der Waals surface area (Å²) in [4.78, 5) is 0. The van der Waals surface area contributed by atoms with Crippen molar-refractivity contribution in [3.05, 3.63) is 11.4 Å². The first-order valence-corrected chi connectivity index (χ1v) is 4.79. The monoisotopic (exact) mass is 182 g/mol. The van der Waals surface area contributed by atoms with Crippen LogP contribution in [0.25, 0.3) is 0 Å². The Balaban J connectivity index is 2.17. The standard InChI is InChI=1S/C9H18N4/c1-7(2)10-6-4-5-9-8(3)11-13-12-9/h7,10H,4-6H2,1-3H3,(H,11,12,13). The van der Waals surface area contributed by atoms with Crippen LogP contribution in [0, 0.1) is 6.92 Å². The van der Waals surface area contributed by atoms with Crippen molar-refractivity contribution < 1.29 is 0 Å². The average molecular weight is 182 g/mol. The van der Waals surface area contributed by atoms with E-state index < -0.39 is 0 Å². The smallest absolute Gasteiger partial charge is 0.0854 e. The van der Waals surface area contributed by atoms with Crippen molar-refractivity contribution in [3.63, 3.8) is 0 Å². The lowest BCUT2D eigenvalue weighted by Crippen LogP contribution is -2.24. The SMILES string of the molecule is Cc1n[nH]nc1CCCNC(C)C. The molecule has 0 aliphatic heterocycles. The fourth-order valence-electron chi connectivity index (χ4n) is 1.19. The zero-order valence-electron chi connectivity index (χ0n) is 8.59. The van der Waals surface area contributed by atoms with E-state index in [2.05, 4.69) is 34.6 Å². The van der Waals surface area contributed by atoms with Crippen molar-refractivity contribution in [1.29, 1.82) is 0 Å². The van der Waals surface area contributed by atoms with Gasteiger partial charge >= 0.3 is 0 Å². The largest absolute Gasteiger partial charge is 0.315 e. The van der Waals surface area contributed by atoms with E-state index >= 15 is 0 Å². The summed E-state index contributed by atoms with van der Waals surface area (Å²) in [5, 5.41) is 14.0. The van der Waals surface area contributed by atoms with E-state index in [1.54, 1.807) is 0 Å². The molecule has 0 aliphatic rings. The van der Waals surface area contributed by atoms with Gasteiger partial charge in [-0.05, 0) is 26.3 Å². The maximum atomic E-state index is 4.07. The second kappa shape index (κ2) is 4.97. The molecule has 4 nitrogen and oxygen atoms in total. The third-order valence-corrected chi connectivity index (χ3v) is 1.96. The summed E-state index contributed by atoms with van der Waals surface area (Å²) >= 11 is 0. The van der Waals surface area contributed by atoms with Crippen LogP contribution in [0.1, 0.15) is 31.7 Å². The van der Waals surface area contributed by atoms with Gasteiger partial charge in [0.05, 0.1) is 11.4 Å². The quantitative estimate of drug-likeness (QED) is 0.669. The van der Waals surface area contributed by atoms with E-state index in [9.17, 15) is 0 Å². The van der Waals surface area contributed by atoms with Crippen LogP contribution in [0.15, 0.2) is 0 Å². The molecule has 74 valence electrons. The molecular formula is C9H18N4. The Bertz CT molecular complexity index is 242. The predicted molar refractivity (Wildman–Crippen MR) is 52.6 cm³/mol. The second-order valence-corrected chi connectivity index (χ2v) is 3.57. The predicted octanol–water partition coefficient (Wildman–Crippen LogP) is 1.04. The molecule has 0 saturated heterocycles. The molecule has 1 aromatic rings. The molecule has 0 unspecified atom stereocenters. The lowest BCUT2D eigenvalue weighted by molar-refractivity contribution is 0.568. The van der Waals surface area contributed by atoms with Crippen molar-refractivity contribution in [2.24, 2.45) is 0 Å². The zero-order chi connectivity index (χ0) is 9.68. The molecule has 1 rings (SSSR count). The van der Waals surface area contributed by atoms with E-state index in [4.69, 9.17) is 0 Å². The molecule has 13 heavy (non-hydrogen) atoms. The van der Waals surface area contributed by atoms with Crippen LogP contribution < -0.4 is 5.32 Å². The summed E-state index contributed by atoms with van der Waals surface area (Å²) in [6.07, 6.45) is 2.12. The van der Waals surface area contributed by atoms with Gasteiger partial charge in [-0.2, -0.15) is 15.4 Å². The molecule has 0 fully saturated rings. The maximum absolute atomic E-state index is 4.07. The van der Waals surface area contributed by atoms with Gasteiger partial charge in [0.2, 0.25) is 0 Å². The lowest BCUT2D eigenvalue weighted by Gasteiger charge is -2.06. The van der Waals surface area contributed by atoms with Crippen molar-refractivity contribution in [3.8, 4) is 0 Å². The third kappa shape index (κ3) is 3.55. The topological polar surface area (TPSA) is 53.6 Å². The van der Waals surface area contributed by atoms with Crippen LogP contribution in [0.2, 0.25) is 0 Å². The minimum Gasteiger partial charge on any atom is -0.315 e. The molecule has 0 saturated carbocycles. The molecule has 0 aromatic carbocycles. The van der Waals surface area contributed by atoms with Gasteiger partial charge in [-0.1, -0.05) is 13.8 Å². The van der Waals surface area contributed by atoms with Gasteiger partial charge in [-0.15, -0.1) is 0 Å². The maximum Gasteiger partial charge on any atom is 0.0854 e. The molecule has 0 bridgehead atoms. The van der Waals surface area contributed by atoms with Crippen LogP contribution in [0.3, 0.4) is 0 Å². The normalized spacial score (nSPS) is 11.1. The van der Waals surface area contributed by atoms with Crippen LogP contribution in [-0.2, 0) is 6.42 Å². The Hall–Kier alpha value is -0.900. The zero-order valence-corrected chi connectivity index (χ0v) is 8.59. The highest BCUT2D eigenvalue weighted by Crippen LogP contribution is 2.01. The van der Waals surface area contributed by atoms with Crippen LogP contribution >= 0.6 is 0 Å². The molecule has 1 heterocycles. The van der Waals surface area contributed by atoms with E-state index in [0.29, 0.717) is 6.04 Å². The summed E-state index contributed by atoms with van der Waals surface area (Å²) in [6.45, 7) is 7.33. The Morgan fingerprint density at radius 1 is 1.38 bits per heavy atom. The van der Waals surface area contributed by atoms with Crippen molar-refractivity contribution in [2.45, 2.75) is 39.7 Å². The number of hydrogen-bond donors (Lipinski definition) is 2. The van der Waals surface area contributed by atoms with Crippen molar-refractivity contribution in [2.75, 3.05) is 6.54 Å². The fourth-order valence-corrected chi connectivity index (χ4v) is 1.19. The highest BCUT2D eigenvalue weighted by Gasteiger charge is 2.01. The summed E-state index contributed by atoms with van der Waals surface area (Å²) in [6, 6.07) is 0.568. The Labute approximate surface area is 79.1 Å². The van der Waals surface area contributed by atoms with Crippen LogP contribution in [-0.4, -0.2) is 28.0 Å². The minimum absolute atomic E-state index is 0.568. The molecule has 0 radical (unpaired) electrons. The first-order chi connectivity index (χ1) is 6.20. The number of hydrogen-bond acceptors (Lipinski definition) is 3. The first kappa shape index (κ1) is 10.2. The molecule has 0 amide bonds. The molecule has 2 N–H and O–H groups in total. The highest BCUT2D eigenvalue weighted by atomic mass is 15.3. The van der Waals surface area contributed by atoms with Gasteiger partial charge in [0.25, 0.3) is 0 Å². The molecule has 4 heteroatoms. The summed E-state index contributed by atoms with van der Waals surface area (Å²) < 4.78 is 0. The van der Waals surface area contributed by atoms with Gasteiger partial charge < -0.3 is 5.32 Å². The van der Waals surface area contributed by atoms with Crippen molar-refractivity contribution in [1.82, 2.24) is 20.7 Å². The van der Waals surface area contributed by atoms with Crippen LogP contribution in [0.4, 0.5) is 0 Å². The van der Waals surface area contributed by atoms with Crippen molar-refractivity contribution >= 4 is 0 Å². The summed E-state index contributed by atoms with van der Waals surface area (Å²) in [5.41, 5.74) is 2.11. The average Bonchev–Trinajstić information content (AvgIpc) is 2.45. The number of aromatic nitrogens is 3. The van der Waals surface area contributed by atoms with Gasteiger partial charge in [0, 0.05) is 6.04 Å². The minimum atomic E-state index is 0.568. The molecular weight excluding hydrogens is 164 g/mol. The van der Waals surface area contributed by atoms with Gasteiger partial charge in [0.15, 0.2) is 0 Å². The van der Waals surface area contributed by atoms with E-state index in [1.165, 1.54) is 0 Å². The molecule has 0 spiro atoms. The molecule has 0 atom stereocenters. The summed E-state index contributed by atoms with van der Waals surface area (Å²) in [7, 11) is 0. The van der Waals surface area contributed by atoms with Gasteiger partial charge in [0.1, 0.15) is 0 Å². The number of nitrogens with zero attached hydrogens (tertiary/aromatic N) is 2. The third-order valence-electron chi connectivity index (χ3n) is 1.96. The summed E-state index contributed by atoms with van der Waals surface area (Å²) in [5.74, 6) is 0. The van der Waals surface area contributed by atoms with Gasteiger partial charge in [-0.3, -0.25) is 0 Å². The molecule has 0 aliphatic carbocycles. The molecule has 1 aromatic heterocycles. The van der Waals surface area contributed by atoms with E-state index in [-0.39, 0.29) is 0 Å². The Kier molecular flexibility index (Phi) is 3.89. The Morgan fingerprint density at radius 3 is 2.69 bits per heavy atom. The first-order valence-electron chi connectivity index (χ1n) is 4.79. The van der Waals surface area contributed by atoms with Crippen LogP contribution in [0.5, 0.6) is 0 Å². The van der Waals surface area contributed by atoms with E-state index in [1.807, 2.05) is 6.92 Å². The number of rotatable bonds is 5. The number of H-pyrrole nitrogens is 1. The number of nitrogens with one attached hydrogen (secondary N) is 2. The number of aromatic amines is 1. The van der Waals surface area contributed by atoms with Gasteiger partial charge in [-0.25, -0.2) is 0 Å². The van der Waals surface area contributed by atoms with E-state index in [0.717, 1.165) is 30.8 Å². The number of aryl methyl sites for hydroxylation is 2. The lowest BCUT2D eigenvalue weighted by atomic mass is 10.2. The Morgan fingerprint density at radius 2 is 2.15 bits per heavy atom. The highest BCUT2D eigenvalue weighted by molar-refractivity contribution is 5.05. The fraction of sp³-hybridized carbons (Fsp3) is 0.778. The second-order valence-electron chi connectivity index (χ2n) is 3.57.